The molecule has 5 nitrogen and oxygen atoms in total. The van der Waals surface area contributed by atoms with Gasteiger partial charge in [0.1, 0.15) is 5.54 Å². The molecule has 0 aromatic heterocycles. The summed E-state index contributed by atoms with van der Waals surface area (Å²) in [6.45, 7) is 5.72. The molecule has 0 spiro atoms. The van der Waals surface area contributed by atoms with Crippen LogP contribution in [-0.4, -0.2) is 52.1 Å². The van der Waals surface area contributed by atoms with E-state index in [1.165, 1.54) is 4.90 Å². The van der Waals surface area contributed by atoms with E-state index in [2.05, 4.69) is 0 Å². The maximum Gasteiger partial charge on any atom is 0.328 e. The summed E-state index contributed by atoms with van der Waals surface area (Å²) in [6, 6.07) is -0.0827. The van der Waals surface area contributed by atoms with Crippen molar-refractivity contribution in [3.05, 3.63) is 0 Å². The van der Waals surface area contributed by atoms with E-state index in [0.29, 0.717) is 0 Å². The van der Waals surface area contributed by atoms with Gasteiger partial charge in [-0.25, -0.2) is 4.79 Å². The van der Waals surface area contributed by atoms with Crippen molar-refractivity contribution in [3.63, 3.8) is 0 Å². The summed E-state index contributed by atoms with van der Waals surface area (Å²) in [5.41, 5.74) is -1.04. The predicted octanol–water partition coefficient (Wildman–Crippen LogP) is 1.76. The van der Waals surface area contributed by atoms with E-state index in [1.807, 2.05) is 25.7 Å². The summed E-state index contributed by atoms with van der Waals surface area (Å²) in [4.78, 5) is 28.7. The number of amides is 3. The van der Waals surface area contributed by atoms with Crippen molar-refractivity contribution < 1.29 is 14.3 Å². The Morgan fingerprint density at radius 2 is 1.89 bits per heavy atom. The third kappa shape index (κ3) is 1.39. The van der Waals surface area contributed by atoms with E-state index in [-0.39, 0.29) is 24.0 Å². The van der Waals surface area contributed by atoms with Crippen LogP contribution < -0.4 is 0 Å². The summed E-state index contributed by atoms with van der Waals surface area (Å²) in [5.74, 6) is -0.00451. The van der Waals surface area contributed by atoms with Crippen molar-refractivity contribution >= 4 is 11.9 Å². The van der Waals surface area contributed by atoms with Crippen molar-refractivity contribution in [2.45, 2.75) is 69.7 Å². The SMILES string of the molecule is COC(C)(C)C(C)N1C(=O)N2C3CCC2(CC3)C1=O. The molecule has 3 rings (SSSR count). The maximum absolute atomic E-state index is 12.8. The fraction of sp³-hybridized carbons (Fsp3) is 0.857. The molecule has 0 aliphatic carbocycles. The lowest BCUT2D eigenvalue weighted by molar-refractivity contribution is -0.138. The number of methoxy groups -OCH3 is 1. The van der Waals surface area contributed by atoms with Gasteiger partial charge in [-0.15, -0.1) is 0 Å². The monoisotopic (exact) mass is 266 g/mol. The van der Waals surface area contributed by atoms with E-state index < -0.39 is 11.1 Å². The minimum Gasteiger partial charge on any atom is -0.377 e. The van der Waals surface area contributed by atoms with Crippen LogP contribution in [0.25, 0.3) is 0 Å². The molecule has 3 amide bonds. The maximum atomic E-state index is 12.8. The molecule has 3 saturated heterocycles. The lowest BCUT2D eigenvalue weighted by Gasteiger charge is -2.36. The number of urea groups is 1. The molecule has 106 valence electrons. The normalized spacial score (nSPS) is 35.3. The third-order valence-electron chi connectivity index (χ3n) is 5.56. The number of ether oxygens (including phenoxy) is 1. The standard InChI is InChI=1S/C14H22N2O3/c1-9(13(2,3)19-4)15-11(17)14-7-5-10(6-8-14)16(14)12(15)18/h9-10H,5-8H2,1-4H3. The highest BCUT2D eigenvalue weighted by Gasteiger charge is 2.67. The Kier molecular flexibility index (Phi) is 2.53. The van der Waals surface area contributed by atoms with Crippen molar-refractivity contribution in [1.82, 2.24) is 9.80 Å². The fourth-order valence-corrected chi connectivity index (χ4v) is 3.84. The summed E-state index contributed by atoms with van der Waals surface area (Å²) in [7, 11) is 1.62. The predicted molar refractivity (Wildman–Crippen MR) is 69.6 cm³/mol. The number of nitrogens with zero attached hydrogens (tertiary/aromatic N) is 2. The summed E-state index contributed by atoms with van der Waals surface area (Å²) in [5, 5.41) is 0. The molecule has 3 aliphatic heterocycles. The quantitative estimate of drug-likeness (QED) is 0.731. The number of rotatable bonds is 3. The molecule has 5 heteroatoms. The molecule has 0 aromatic carbocycles. The van der Waals surface area contributed by atoms with Gasteiger partial charge in [0.15, 0.2) is 0 Å². The number of carbonyl (C=O) groups excluding carboxylic acids is 2. The molecule has 3 heterocycles. The van der Waals surface area contributed by atoms with Gasteiger partial charge in [0, 0.05) is 13.2 Å². The van der Waals surface area contributed by atoms with Gasteiger partial charge >= 0.3 is 6.03 Å². The number of imide groups is 1. The molecular weight excluding hydrogens is 244 g/mol. The number of hydrogen-bond donors (Lipinski definition) is 0. The average molecular weight is 266 g/mol. The van der Waals surface area contributed by atoms with Crippen LogP contribution in [0.1, 0.15) is 46.5 Å². The van der Waals surface area contributed by atoms with E-state index in [1.54, 1.807) is 7.11 Å². The van der Waals surface area contributed by atoms with Gasteiger partial charge in [0.25, 0.3) is 5.91 Å². The topological polar surface area (TPSA) is 49.9 Å². The summed E-state index contributed by atoms with van der Waals surface area (Å²) >= 11 is 0. The first-order valence-electron chi connectivity index (χ1n) is 7.07. The lowest BCUT2D eigenvalue weighted by atomic mass is 9.86. The Labute approximate surface area is 113 Å². The molecule has 1 atom stereocenters. The van der Waals surface area contributed by atoms with Crippen LogP contribution in [-0.2, 0) is 9.53 Å². The van der Waals surface area contributed by atoms with Crippen molar-refractivity contribution in [2.75, 3.05) is 7.11 Å². The zero-order chi connectivity index (χ0) is 14.0. The van der Waals surface area contributed by atoms with E-state index in [9.17, 15) is 9.59 Å². The van der Waals surface area contributed by atoms with E-state index in [0.717, 1.165) is 25.7 Å². The second kappa shape index (κ2) is 3.72. The van der Waals surface area contributed by atoms with Gasteiger partial charge in [0.2, 0.25) is 0 Å². The Bertz CT molecular complexity index is 438. The largest absolute Gasteiger partial charge is 0.377 e. The van der Waals surface area contributed by atoms with Gasteiger partial charge in [-0.1, -0.05) is 0 Å². The summed E-state index contributed by atoms with van der Waals surface area (Å²) in [6.07, 6.45) is 3.62. The molecule has 0 saturated carbocycles. The highest BCUT2D eigenvalue weighted by atomic mass is 16.5. The minimum absolute atomic E-state index is 0.00451. The first-order valence-corrected chi connectivity index (χ1v) is 7.07. The van der Waals surface area contributed by atoms with Crippen LogP contribution in [0.5, 0.6) is 0 Å². The Morgan fingerprint density at radius 3 is 2.37 bits per heavy atom. The second-order valence-corrected chi connectivity index (χ2v) is 6.57. The van der Waals surface area contributed by atoms with Crippen molar-refractivity contribution in [3.8, 4) is 0 Å². The lowest BCUT2D eigenvalue weighted by Crippen LogP contribution is -2.53. The van der Waals surface area contributed by atoms with Crippen LogP contribution >= 0.6 is 0 Å². The Balaban J connectivity index is 1.95. The first kappa shape index (κ1) is 12.9. The molecular formula is C14H22N2O3. The van der Waals surface area contributed by atoms with Crippen LogP contribution in [0, 0.1) is 0 Å². The minimum atomic E-state index is -0.527. The zero-order valence-corrected chi connectivity index (χ0v) is 12.1. The van der Waals surface area contributed by atoms with E-state index >= 15 is 0 Å². The van der Waals surface area contributed by atoms with Gasteiger partial charge in [-0.05, 0) is 46.5 Å². The van der Waals surface area contributed by atoms with Gasteiger partial charge < -0.3 is 9.64 Å². The van der Waals surface area contributed by atoms with E-state index in [4.69, 9.17) is 4.74 Å². The van der Waals surface area contributed by atoms with Crippen molar-refractivity contribution in [1.29, 1.82) is 0 Å². The second-order valence-electron chi connectivity index (χ2n) is 6.57. The van der Waals surface area contributed by atoms with Crippen molar-refractivity contribution in [2.24, 2.45) is 0 Å². The third-order valence-corrected chi connectivity index (χ3v) is 5.56. The highest BCUT2D eigenvalue weighted by Crippen LogP contribution is 2.52. The molecule has 19 heavy (non-hydrogen) atoms. The molecule has 3 aliphatic rings. The number of carbonyl (C=O) groups is 2. The summed E-state index contributed by atoms with van der Waals surface area (Å²) < 4.78 is 5.44. The van der Waals surface area contributed by atoms with Crippen LogP contribution in [0.15, 0.2) is 0 Å². The molecule has 0 aromatic rings. The zero-order valence-electron chi connectivity index (χ0n) is 12.1. The molecule has 1 unspecified atom stereocenters. The molecule has 2 bridgehead atoms. The Hall–Kier alpha value is -1.10. The van der Waals surface area contributed by atoms with Crippen LogP contribution in [0.4, 0.5) is 4.79 Å². The smallest absolute Gasteiger partial charge is 0.328 e. The molecule has 0 N–H and O–H groups in total. The van der Waals surface area contributed by atoms with Crippen LogP contribution in [0.3, 0.4) is 0 Å². The molecule has 0 radical (unpaired) electrons. The Morgan fingerprint density at radius 1 is 1.32 bits per heavy atom. The van der Waals surface area contributed by atoms with Gasteiger partial charge in [-0.3, -0.25) is 9.69 Å². The number of hydrogen-bond acceptors (Lipinski definition) is 3. The van der Waals surface area contributed by atoms with Gasteiger partial charge in [-0.2, -0.15) is 0 Å². The first-order chi connectivity index (χ1) is 8.85. The van der Waals surface area contributed by atoms with Gasteiger partial charge in [0.05, 0.1) is 11.6 Å². The van der Waals surface area contributed by atoms with Crippen LogP contribution in [0.2, 0.25) is 0 Å². The highest BCUT2D eigenvalue weighted by molar-refractivity contribution is 6.08. The fourth-order valence-electron chi connectivity index (χ4n) is 3.84. The average Bonchev–Trinajstić information content (AvgIpc) is 2.99. The molecule has 3 fully saturated rings.